The zero-order valence-corrected chi connectivity index (χ0v) is 10.7. The van der Waals surface area contributed by atoms with Gasteiger partial charge in [0.25, 0.3) is 0 Å². The van der Waals surface area contributed by atoms with Crippen LogP contribution in [0.4, 0.5) is 0 Å². The second-order valence-electron chi connectivity index (χ2n) is 4.25. The van der Waals surface area contributed by atoms with E-state index in [1.807, 2.05) is 28.8 Å². The lowest BCUT2D eigenvalue weighted by Crippen LogP contribution is -2.14. The number of nitrogens with one attached hydrogen (secondary N) is 1. The molecule has 0 bridgehead atoms. The van der Waals surface area contributed by atoms with Crippen LogP contribution in [-0.2, 0) is 6.54 Å². The standard InChI is InChI=1S/C14H15N5/c1-2-15-7-11-8-16-9-14(18-11)19-10-17-12-5-3-4-6-13(12)19/h3-6,8-10,15H,2,7H2,1H3. The van der Waals surface area contributed by atoms with Crippen LogP contribution in [0.25, 0.3) is 16.9 Å². The molecule has 0 unspecified atom stereocenters. The molecule has 96 valence electrons. The first-order valence-electron chi connectivity index (χ1n) is 6.32. The largest absolute Gasteiger partial charge is 0.311 e. The summed E-state index contributed by atoms with van der Waals surface area (Å²) < 4.78 is 1.96. The number of fused-ring (bicyclic) bond motifs is 1. The molecule has 0 fully saturated rings. The van der Waals surface area contributed by atoms with E-state index < -0.39 is 0 Å². The summed E-state index contributed by atoms with van der Waals surface area (Å²) in [5.74, 6) is 0.795. The van der Waals surface area contributed by atoms with Gasteiger partial charge in [0.1, 0.15) is 6.33 Å². The van der Waals surface area contributed by atoms with Gasteiger partial charge in [0.15, 0.2) is 5.82 Å². The number of hydrogen-bond donors (Lipinski definition) is 1. The summed E-state index contributed by atoms with van der Waals surface area (Å²) in [7, 11) is 0. The highest BCUT2D eigenvalue weighted by Crippen LogP contribution is 2.15. The molecule has 3 rings (SSSR count). The highest BCUT2D eigenvalue weighted by molar-refractivity contribution is 5.76. The average molecular weight is 253 g/mol. The quantitative estimate of drug-likeness (QED) is 0.772. The number of nitrogens with zero attached hydrogens (tertiary/aromatic N) is 4. The average Bonchev–Trinajstić information content (AvgIpc) is 2.89. The van der Waals surface area contributed by atoms with Gasteiger partial charge in [-0.05, 0) is 18.7 Å². The number of aromatic nitrogens is 4. The zero-order chi connectivity index (χ0) is 13.1. The van der Waals surface area contributed by atoms with Crippen molar-refractivity contribution in [3.8, 4) is 5.82 Å². The molecule has 1 aromatic carbocycles. The Balaban J connectivity index is 2.01. The van der Waals surface area contributed by atoms with Crippen molar-refractivity contribution < 1.29 is 0 Å². The molecule has 0 spiro atoms. The van der Waals surface area contributed by atoms with Gasteiger partial charge >= 0.3 is 0 Å². The first kappa shape index (κ1) is 11.8. The third kappa shape index (κ3) is 2.32. The first-order chi connectivity index (χ1) is 9.38. The van der Waals surface area contributed by atoms with Crippen LogP contribution in [0.3, 0.4) is 0 Å². The Hall–Kier alpha value is -2.27. The van der Waals surface area contributed by atoms with Crippen molar-refractivity contribution in [1.82, 2.24) is 24.8 Å². The van der Waals surface area contributed by atoms with E-state index in [1.165, 1.54) is 0 Å². The zero-order valence-electron chi connectivity index (χ0n) is 10.7. The molecule has 5 nitrogen and oxygen atoms in total. The Bertz CT molecular complexity index is 689. The molecule has 2 aromatic heterocycles. The summed E-state index contributed by atoms with van der Waals surface area (Å²) in [5.41, 5.74) is 2.93. The van der Waals surface area contributed by atoms with Crippen LogP contribution in [0.15, 0.2) is 43.0 Å². The van der Waals surface area contributed by atoms with Crippen LogP contribution in [0.2, 0.25) is 0 Å². The van der Waals surface area contributed by atoms with Gasteiger partial charge in [0.05, 0.1) is 22.9 Å². The topological polar surface area (TPSA) is 55.6 Å². The lowest BCUT2D eigenvalue weighted by Gasteiger charge is -2.05. The summed E-state index contributed by atoms with van der Waals surface area (Å²) in [4.78, 5) is 13.2. The Morgan fingerprint density at radius 2 is 2.11 bits per heavy atom. The molecule has 2 heterocycles. The van der Waals surface area contributed by atoms with Crippen molar-refractivity contribution >= 4 is 11.0 Å². The van der Waals surface area contributed by atoms with Crippen molar-refractivity contribution in [3.63, 3.8) is 0 Å². The molecular formula is C14H15N5. The Morgan fingerprint density at radius 1 is 1.21 bits per heavy atom. The molecule has 0 radical (unpaired) electrons. The van der Waals surface area contributed by atoms with Crippen LogP contribution >= 0.6 is 0 Å². The summed E-state index contributed by atoms with van der Waals surface area (Å²) in [6.45, 7) is 3.71. The van der Waals surface area contributed by atoms with Crippen molar-refractivity contribution in [3.05, 3.63) is 48.7 Å². The van der Waals surface area contributed by atoms with E-state index in [4.69, 9.17) is 0 Å². The van der Waals surface area contributed by atoms with Gasteiger partial charge in [-0.2, -0.15) is 0 Å². The van der Waals surface area contributed by atoms with E-state index in [0.29, 0.717) is 0 Å². The molecule has 0 saturated carbocycles. The SMILES string of the molecule is CCNCc1cncc(-n2cnc3ccccc32)n1. The van der Waals surface area contributed by atoms with Crippen LogP contribution in [0.1, 0.15) is 12.6 Å². The molecular weight excluding hydrogens is 238 g/mol. The Labute approximate surface area is 111 Å². The molecule has 0 atom stereocenters. The van der Waals surface area contributed by atoms with Crippen LogP contribution in [0.5, 0.6) is 0 Å². The Kier molecular flexibility index (Phi) is 3.20. The molecule has 1 N–H and O–H groups in total. The number of benzene rings is 1. The van der Waals surface area contributed by atoms with E-state index in [0.717, 1.165) is 35.6 Å². The molecule has 0 saturated heterocycles. The second kappa shape index (κ2) is 5.16. The normalized spacial score (nSPS) is 11.0. The number of hydrogen-bond acceptors (Lipinski definition) is 4. The summed E-state index contributed by atoms with van der Waals surface area (Å²) in [6, 6.07) is 7.99. The van der Waals surface area contributed by atoms with Gasteiger partial charge in [-0.3, -0.25) is 9.55 Å². The minimum absolute atomic E-state index is 0.726. The van der Waals surface area contributed by atoms with E-state index in [1.54, 1.807) is 18.7 Å². The van der Waals surface area contributed by atoms with Gasteiger partial charge in [0, 0.05) is 12.7 Å². The monoisotopic (exact) mass is 253 g/mol. The fraction of sp³-hybridized carbons (Fsp3) is 0.214. The molecule has 0 amide bonds. The first-order valence-corrected chi connectivity index (χ1v) is 6.32. The summed E-state index contributed by atoms with van der Waals surface area (Å²) in [5, 5.41) is 3.25. The van der Waals surface area contributed by atoms with Crippen molar-refractivity contribution in [1.29, 1.82) is 0 Å². The maximum atomic E-state index is 4.60. The molecule has 0 aliphatic rings. The molecule has 0 aliphatic carbocycles. The fourth-order valence-corrected chi connectivity index (χ4v) is 1.99. The minimum Gasteiger partial charge on any atom is -0.311 e. The lowest BCUT2D eigenvalue weighted by atomic mass is 10.3. The van der Waals surface area contributed by atoms with E-state index >= 15 is 0 Å². The van der Waals surface area contributed by atoms with Gasteiger partial charge in [0.2, 0.25) is 0 Å². The van der Waals surface area contributed by atoms with Crippen molar-refractivity contribution in [2.45, 2.75) is 13.5 Å². The predicted octanol–water partition coefficient (Wildman–Crippen LogP) is 1.92. The molecule has 19 heavy (non-hydrogen) atoms. The predicted molar refractivity (Wildman–Crippen MR) is 74.0 cm³/mol. The molecule has 3 aromatic rings. The second-order valence-corrected chi connectivity index (χ2v) is 4.25. The van der Waals surface area contributed by atoms with Crippen LogP contribution < -0.4 is 5.32 Å². The third-order valence-corrected chi connectivity index (χ3v) is 2.93. The molecule has 0 aliphatic heterocycles. The highest BCUT2D eigenvalue weighted by atomic mass is 15.1. The Morgan fingerprint density at radius 3 is 3.00 bits per heavy atom. The van der Waals surface area contributed by atoms with Crippen molar-refractivity contribution in [2.75, 3.05) is 6.54 Å². The highest BCUT2D eigenvalue weighted by Gasteiger charge is 2.06. The van der Waals surface area contributed by atoms with Crippen LogP contribution in [-0.4, -0.2) is 26.1 Å². The molecule has 5 heteroatoms. The van der Waals surface area contributed by atoms with E-state index in [9.17, 15) is 0 Å². The maximum absolute atomic E-state index is 4.60. The minimum atomic E-state index is 0.726. The number of para-hydroxylation sites is 2. The maximum Gasteiger partial charge on any atom is 0.157 e. The smallest absolute Gasteiger partial charge is 0.157 e. The van der Waals surface area contributed by atoms with Gasteiger partial charge < -0.3 is 5.32 Å². The fourth-order valence-electron chi connectivity index (χ4n) is 1.99. The van der Waals surface area contributed by atoms with Crippen LogP contribution in [0, 0.1) is 0 Å². The van der Waals surface area contributed by atoms with Gasteiger partial charge in [-0.1, -0.05) is 19.1 Å². The summed E-state index contributed by atoms with van der Waals surface area (Å²) in [6.07, 6.45) is 5.32. The van der Waals surface area contributed by atoms with E-state index in [2.05, 4.69) is 27.2 Å². The number of rotatable bonds is 4. The number of imidazole rings is 1. The van der Waals surface area contributed by atoms with E-state index in [-0.39, 0.29) is 0 Å². The van der Waals surface area contributed by atoms with Gasteiger partial charge in [-0.25, -0.2) is 9.97 Å². The lowest BCUT2D eigenvalue weighted by molar-refractivity contribution is 0.704. The summed E-state index contributed by atoms with van der Waals surface area (Å²) >= 11 is 0. The van der Waals surface area contributed by atoms with Gasteiger partial charge in [-0.15, -0.1) is 0 Å². The van der Waals surface area contributed by atoms with Crippen molar-refractivity contribution in [2.24, 2.45) is 0 Å². The third-order valence-electron chi connectivity index (χ3n) is 2.93.